The van der Waals surface area contributed by atoms with Crippen LogP contribution in [-0.4, -0.2) is 56.8 Å². The Kier molecular flexibility index (Phi) is 4.08. The van der Waals surface area contributed by atoms with Crippen molar-refractivity contribution < 1.29 is 9.53 Å². The first-order valence-electron chi connectivity index (χ1n) is 7.50. The summed E-state index contributed by atoms with van der Waals surface area (Å²) in [5.41, 5.74) is 0.962. The van der Waals surface area contributed by atoms with Crippen LogP contribution in [0.4, 0.5) is 10.6 Å². The van der Waals surface area contributed by atoms with E-state index in [2.05, 4.69) is 27.3 Å². The van der Waals surface area contributed by atoms with Gasteiger partial charge in [-0.1, -0.05) is 6.92 Å². The molecule has 22 heavy (non-hydrogen) atoms. The van der Waals surface area contributed by atoms with Crippen molar-refractivity contribution in [3.05, 3.63) is 18.1 Å². The van der Waals surface area contributed by atoms with Crippen LogP contribution in [0.25, 0.3) is 5.78 Å². The second-order valence-electron chi connectivity index (χ2n) is 5.36. The summed E-state index contributed by atoms with van der Waals surface area (Å²) in [4.78, 5) is 22.0. The van der Waals surface area contributed by atoms with E-state index in [0.29, 0.717) is 12.3 Å². The van der Waals surface area contributed by atoms with Gasteiger partial charge in [0, 0.05) is 30.9 Å². The third kappa shape index (κ3) is 2.81. The van der Waals surface area contributed by atoms with Crippen LogP contribution in [0, 0.1) is 0 Å². The van der Waals surface area contributed by atoms with E-state index in [1.54, 1.807) is 9.42 Å². The molecule has 1 amide bonds. The number of hydrogen-bond acceptors (Lipinski definition) is 6. The third-order valence-electron chi connectivity index (χ3n) is 3.87. The monoisotopic (exact) mass is 304 g/mol. The summed E-state index contributed by atoms with van der Waals surface area (Å²) in [6, 6.07) is 2.14. The molecule has 3 heterocycles. The molecule has 8 heteroatoms. The van der Waals surface area contributed by atoms with E-state index in [9.17, 15) is 4.79 Å². The molecule has 1 fully saturated rings. The number of hydrogen-bond donors (Lipinski definition) is 1. The predicted molar refractivity (Wildman–Crippen MR) is 80.8 cm³/mol. The van der Waals surface area contributed by atoms with Crippen LogP contribution < -0.4 is 5.32 Å². The highest BCUT2D eigenvalue weighted by Gasteiger charge is 2.24. The van der Waals surface area contributed by atoms with E-state index in [-0.39, 0.29) is 12.1 Å². The number of nitrogens with zero attached hydrogens (tertiary/aromatic N) is 5. The Morgan fingerprint density at radius 3 is 3.18 bits per heavy atom. The number of amides is 1. The van der Waals surface area contributed by atoms with Gasteiger partial charge in [0.15, 0.2) is 0 Å². The summed E-state index contributed by atoms with van der Waals surface area (Å²) < 4.78 is 6.49. The van der Waals surface area contributed by atoms with Gasteiger partial charge in [-0.2, -0.15) is 14.6 Å². The summed E-state index contributed by atoms with van der Waals surface area (Å²) in [6.07, 6.45) is 3.99. The Hall–Kier alpha value is -2.38. The number of fused-ring (bicyclic) bond motifs is 1. The van der Waals surface area contributed by atoms with Crippen molar-refractivity contribution in [2.45, 2.75) is 32.2 Å². The lowest BCUT2D eigenvalue weighted by Gasteiger charge is -2.32. The maximum atomic E-state index is 11.7. The number of rotatable bonds is 3. The molecule has 0 bridgehead atoms. The Morgan fingerprint density at radius 1 is 1.55 bits per heavy atom. The second kappa shape index (κ2) is 6.17. The molecule has 0 aromatic carbocycles. The van der Waals surface area contributed by atoms with Gasteiger partial charge in [0.25, 0.3) is 5.78 Å². The first kappa shape index (κ1) is 14.6. The predicted octanol–water partition coefficient (Wildman–Crippen LogP) is 1.33. The summed E-state index contributed by atoms with van der Waals surface area (Å²) in [7, 11) is 1.41. The lowest BCUT2D eigenvalue weighted by molar-refractivity contribution is 0.113. The molecule has 8 nitrogen and oxygen atoms in total. The molecule has 3 rings (SSSR count). The Bertz CT molecular complexity index is 670. The summed E-state index contributed by atoms with van der Waals surface area (Å²) >= 11 is 0. The van der Waals surface area contributed by atoms with Crippen LogP contribution in [0.1, 0.15) is 25.5 Å². The minimum atomic E-state index is -0.277. The lowest BCUT2D eigenvalue weighted by Crippen LogP contribution is -2.45. The van der Waals surface area contributed by atoms with Gasteiger partial charge in [-0.25, -0.2) is 9.78 Å². The Balaban J connectivity index is 1.80. The fraction of sp³-hybridized carbons (Fsp3) is 0.571. The molecule has 2 aromatic heterocycles. The molecule has 1 atom stereocenters. The molecular weight excluding hydrogens is 284 g/mol. The minimum absolute atomic E-state index is 0.160. The largest absolute Gasteiger partial charge is 0.453 e. The highest BCUT2D eigenvalue weighted by molar-refractivity contribution is 5.67. The van der Waals surface area contributed by atoms with Crippen LogP contribution in [0.15, 0.2) is 12.4 Å². The number of nitrogens with one attached hydrogen (secondary N) is 1. The zero-order valence-corrected chi connectivity index (χ0v) is 12.8. The number of likely N-dealkylation sites (tertiary alicyclic amines) is 1. The smallest absolute Gasteiger partial charge is 0.409 e. The molecular formula is C14H20N6O2. The Morgan fingerprint density at radius 2 is 2.41 bits per heavy atom. The average molecular weight is 304 g/mol. The third-order valence-corrected chi connectivity index (χ3v) is 3.87. The first-order valence-corrected chi connectivity index (χ1v) is 7.50. The van der Waals surface area contributed by atoms with Gasteiger partial charge in [-0.05, 0) is 19.3 Å². The van der Waals surface area contributed by atoms with Crippen LogP contribution in [-0.2, 0) is 11.2 Å². The van der Waals surface area contributed by atoms with Crippen molar-refractivity contribution in [1.82, 2.24) is 24.5 Å². The number of piperidine rings is 1. The fourth-order valence-corrected chi connectivity index (χ4v) is 2.74. The van der Waals surface area contributed by atoms with Gasteiger partial charge in [0.1, 0.15) is 12.1 Å². The van der Waals surface area contributed by atoms with E-state index < -0.39 is 0 Å². The maximum absolute atomic E-state index is 11.7. The van der Waals surface area contributed by atoms with Crippen molar-refractivity contribution in [3.8, 4) is 0 Å². The molecule has 0 spiro atoms. The second-order valence-corrected chi connectivity index (χ2v) is 5.36. The van der Waals surface area contributed by atoms with Crippen molar-refractivity contribution in [3.63, 3.8) is 0 Å². The number of methoxy groups -OCH3 is 1. The van der Waals surface area contributed by atoms with Gasteiger partial charge in [0.2, 0.25) is 0 Å². The highest BCUT2D eigenvalue weighted by atomic mass is 16.5. The zero-order chi connectivity index (χ0) is 15.5. The van der Waals surface area contributed by atoms with Crippen molar-refractivity contribution in [1.29, 1.82) is 0 Å². The van der Waals surface area contributed by atoms with Gasteiger partial charge in [0.05, 0.1) is 7.11 Å². The molecule has 1 aliphatic heterocycles. The van der Waals surface area contributed by atoms with Gasteiger partial charge in [-0.3, -0.25) is 0 Å². The fourth-order valence-electron chi connectivity index (χ4n) is 2.74. The number of aryl methyl sites for hydroxylation is 1. The van der Waals surface area contributed by atoms with Crippen molar-refractivity contribution >= 4 is 17.7 Å². The highest BCUT2D eigenvalue weighted by Crippen LogP contribution is 2.18. The van der Waals surface area contributed by atoms with Crippen molar-refractivity contribution in [2.24, 2.45) is 0 Å². The minimum Gasteiger partial charge on any atom is -0.453 e. The number of carbonyl (C=O) groups excluding carboxylic acids is 1. The summed E-state index contributed by atoms with van der Waals surface area (Å²) in [6.45, 7) is 3.41. The van der Waals surface area contributed by atoms with E-state index in [4.69, 9.17) is 4.74 Å². The van der Waals surface area contributed by atoms with Crippen molar-refractivity contribution in [2.75, 3.05) is 25.5 Å². The van der Waals surface area contributed by atoms with Crippen LogP contribution in [0.5, 0.6) is 0 Å². The number of ether oxygens (including phenoxy) is 1. The van der Waals surface area contributed by atoms with E-state index >= 15 is 0 Å². The number of carbonyl (C=O) groups is 1. The van der Waals surface area contributed by atoms with Gasteiger partial charge >= 0.3 is 6.09 Å². The Labute approximate surface area is 128 Å². The molecule has 0 saturated carbocycles. The molecule has 1 saturated heterocycles. The lowest BCUT2D eigenvalue weighted by atomic mass is 10.1. The van der Waals surface area contributed by atoms with Gasteiger partial charge < -0.3 is 15.0 Å². The molecule has 0 radical (unpaired) electrons. The normalized spacial score (nSPS) is 18.5. The van der Waals surface area contributed by atoms with Crippen LogP contribution in [0.2, 0.25) is 0 Å². The SMILES string of the molecule is CCc1cc(NC2CCCN(C(=O)OC)C2)n2ncnc2n1. The molecule has 1 N–H and O–H groups in total. The molecule has 2 aromatic rings. The zero-order valence-electron chi connectivity index (χ0n) is 12.8. The summed E-state index contributed by atoms with van der Waals surface area (Å²) in [5.74, 6) is 1.44. The maximum Gasteiger partial charge on any atom is 0.409 e. The van der Waals surface area contributed by atoms with Crippen LogP contribution >= 0.6 is 0 Å². The summed E-state index contributed by atoms with van der Waals surface area (Å²) in [5, 5.41) is 7.67. The molecule has 118 valence electrons. The van der Waals surface area contributed by atoms with Gasteiger partial charge in [-0.15, -0.1) is 0 Å². The standard InChI is InChI=1S/C14H20N6O2/c1-3-10-7-12(20-13(18-10)15-9-16-20)17-11-5-4-6-19(8-11)14(21)22-2/h7,9,11,17H,3-6,8H2,1-2H3. The molecule has 1 unspecified atom stereocenters. The number of anilines is 1. The molecule has 1 aliphatic rings. The van der Waals surface area contributed by atoms with E-state index in [1.165, 1.54) is 13.4 Å². The first-order chi connectivity index (χ1) is 10.7. The quantitative estimate of drug-likeness (QED) is 0.921. The van der Waals surface area contributed by atoms with E-state index in [0.717, 1.165) is 37.3 Å². The number of aromatic nitrogens is 4. The van der Waals surface area contributed by atoms with Crippen LogP contribution in [0.3, 0.4) is 0 Å². The van der Waals surface area contributed by atoms with E-state index in [1.807, 2.05) is 6.07 Å². The topological polar surface area (TPSA) is 84.7 Å². The molecule has 0 aliphatic carbocycles. The average Bonchev–Trinajstić information content (AvgIpc) is 3.03.